The quantitative estimate of drug-likeness (QED) is 0.734. The molecule has 0 bridgehead atoms. The molecule has 1 aliphatic heterocycles. The third kappa shape index (κ3) is 8.86. The summed E-state index contributed by atoms with van der Waals surface area (Å²) < 4.78 is 5.19. The van der Waals surface area contributed by atoms with Gasteiger partial charge in [-0.15, -0.1) is 0 Å². The highest BCUT2D eigenvalue weighted by Crippen LogP contribution is 2.24. The maximum atomic E-state index is 11.2. The number of hydrogen-bond donors (Lipinski definition) is 1. The lowest BCUT2D eigenvalue weighted by atomic mass is 9.85. The van der Waals surface area contributed by atoms with E-state index >= 15 is 0 Å². The van der Waals surface area contributed by atoms with Gasteiger partial charge in [-0.25, -0.2) is 0 Å². The van der Waals surface area contributed by atoms with Gasteiger partial charge in [0.25, 0.3) is 0 Å². The van der Waals surface area contributed by atoms with E-state index in [1.54, 1.807) is 0 Å². The number of likely N-dealkylation sites (tertiary alicyclic amines) is 1. The summed E-state index contributed by atoms with van der Waals surface area (Å²) >= 11 is 0. The van der Waals surface area contributed by atoms with E-state index < -0.39 is 0 Å². The van der Waals surface area contributed by atoms with Crippen LogP contribution < -0.4 is 0 Å². The van der Waals surface area contributed by atoms with E-state index in [2.05, 4.69) is 4.90 Å². The monoisotopic (exact) mass is 313 g/mol. The molecule has 2 aliphatic rings. The molecular formula is C18H35NO3. The number of ether oxygens (including phenoxy) is 1. The Hall–Kier alpha value is -0.450. The van der Waals surface area contributed by atoms with Crippen molar-refractivity contribution in [3.63, 3.8) is 0 Å². The van der Waals surface area contributed by atoms with E-state index in [0.29, 0.717) is 18.3 Å². The van der Waals surface area contributed by atoms with Gasteiger partial charge >= 0.3 is 0 Å². The minimum absolute atomic E-state index is 0.139. The molecular weight excluding hydrogens is 278 g/mol. The molecule has 0 aromatic rings. The number of carbonyl (C=O) groups excluding carboxylic acids is 1. The molecule has 1 aliphatic carbocycles. The first-order valence-electron chi connectivity index (χ1n) is 9.21. The van der Waals surface area contributed by atoms with Gasteiger partial charge in [0.15, 0.2) is 0 Å². The summed E-state index contributed by atoms with van der Waals surface area (Å²) in [5, 5.41) is 8.46. The molecule has 0 atom stereocenters. The smallest absolute Gasteiger partial charge is 0.135 e. The molecule has 2 rings (SSSR count). The van der Waals surface area contributed by atoms with Gasteiger partial charge < -0.3 is 14.7 Å². The maximum absolute atomic E-state index is 11.2. The Labute approximate surface area is 136 Å². The number of carbonyl (C=O) groups is 1. The van der Waals surface area contributed by atoms with Gasteiger partial charge in [0, 0.05) is 18.9 Å². The minimum Gasteiger partial charge on any atom is -0.394 e. The first-order valence-corrected chi connectivity index (χ1v) is 9.21. The van der Waals surface area contributed by atoms with Crippen molar-refractivity contribution < 1.29 is 14.6 Å². The number of aliphatic hydroxyl groups excluding tert-OH is 1. The molecule has 0 aromatic heterocycles. The van der Waals surface area contributed by atoms with Gasteiger partial charge in [-0.3, -0.25) is 4.79 Å². The van der Waals surface area contributed by atoms with Crippen LogP contribution in [0.5, 0.6) is 0 Å². The van der Waals surface area contributed by atoms with Gasteiger partial charge in [-0.1, -0.05) is 32.6 Å². The number of nitrogens with zero attached hydrogens (tertiary/aromatic N) is 1. The van der Waals surface area contributed by atoms with Crippen molar-refractivity contribution in [2.45, 2.75) is 64.7 Å². The van der Waals surface area contributed by atoms with Crippen LogP contribution in [0.15, 0.2) is 0 Å². The van der Waals surface area contributed by atoms with Crippen LogP contribution in [-0.4, -0.2) is 55.2 Å². The van der Waals surface area contributed by atoms with Crippen LogP contribution >= 0.6 is 0 Å². The molecule has 4 nitrogen and oxygen atoms in total. The van der Waals surface area contributed by atoms with E-state index in [1.165, 1.54) is 51.6 Å². The fourth-order valence-electron chi connectivity index (χ4n) is 3.26. The largest absolute Gasteiger partial charge is 0.394 e. The highest BCUT2D eigenvalue weighted by Gasteiger charge is 2.18. The predicted molar refractivity (Wildman–Crippen MR) is 90.1 cm³/mol. The topological polar surface area (TPSA) is 49.8 Å². The van der Waals surface area contributed by atoms with Crippen LogP contribution in [-0.2, 0) is 9.53 Å². The van der Waals surface area contributed by atoms with Crippen LogP contribution in [0, 0.1) is 5.92 Å². The Kier molecular flexibility index (Phi) is 11.6. The molecule has 1 heterocycles. The Bertz CT molecular complexity index is 272. The number of piperidine rings is 1. The highest BCUT2D eigenvalue weighted by atomic mass is 16.5. The fraction of sp³-hybridized carbons (Fsp3) is 0.944. The first kappa shape index (κ1) is 19.6. The average molecular weight is 313 g/mol. The van der Waals surface area contributed by atoms with Gasteiger partial charge in [-0.2, -0.15) is 0 Å². The van der Waals surface area contributed by atoms with Gasteiger partial charge in [0.1, 0.15) is 5.78 Å². The highest BCUT2D eigenvalue weighted by molar-refractivity contribution is 5.80. The lowest BCUT2D eigenvalue weighted by molar-refractivity contribution is -0.123. The Balaban J connectivity index is 0.000000224. The molecule has 1 N–H and O–H groups in total. The zero-order chi connectivity index (χ0) is 16.0. The molecule has 0 amide bonds. The second-order valence-electron chi connectivity index (χ2n) is 6.39. The normalized spacial score (nSPS) is 20.3. The Morgan fingerprint density at radius 3 is 2.27 bits per heavy atom. The summed E-state index contributed by atoms with van der Waals surface area (Å²) in [4.78, 5) is 13.6. The lowest BCUT2D eigenvalue weighted by Crippen LogP contribution is -2.32. The van der Waals surface area contributed by atoms with Gasteiger partial charge in [0.2, 0.25) is 0 Å². The summed E-state index contributed by atoms with van der Waals surface area (Å²) in [5.41, 5.74) is 0. The maximum Gasteiger partial charge on any atom is 0.135 e. The van der Waals surface area contributed by atoms with E-state index in [4.69, 9.17) is 9.84 Å². The predicted octanol–water partition coefficient (Wildman–Crippen LogP) is 3.03. The summed E-state index contributed by atoms with van der Waals surface area (Å²) in [6.07, 6.45) is 11.0. The lowest BCUT2D eigenvalue weighted by Gasteiger charge is -2.25. The molecule has 0 unspecified atom stereocenters. The molecule has 22 heavy (non-hydrogen) atoms. The molecule has 130 valence electrons. The van der Waals surface area contributed by atoms with Crippen molar-refractivity contribution >= 4 is 5.78 Å². The Morgan fingerprint density at radius 2 is 1.68 bits per heavy atom. The SMILES string of the molecule is CCC(=O)C1CCCCC1.OCCOCCN1CCCCC1. The molecule has 1 saturated carbocycles. The van der Waals surface area contributed by atoms with Crippen molar-refractivity contribution in [2.24, 2.45) is 5.92 Å². The van der Waals surface area contributed by atoms with E-state index in [0.717, 1.165) is 32.4 Å². The molecule has 0 aromatic carbocycles. The molecule has 0 spiro atoms. The molecule has 0 radical (unpaired) electrons. The average Bonchev–Trinajstić information content (AvgIpc) is 2.60. The number of hydrogen-bond acceptors (Lipinski definition) is 4. The second-order valence-corrected chi connectivity index (χ2v) is 6.39. The molecule has 2 fully saturated rings. The second kappa shape index (κ2) is 13.0. The number of ketones is 1. The van der Waals surface area contributed by atoms with Gasteiger partial charge in [-0.05, 0) is 38.8 Å². The van der Waals surface area contributed by atoms with E-state index in [-0.39, 0.29) is 6.61 Å². The van der Waals surface area contributed by atoms with Crippen molar-refractivity contribution in [3.05, 3.63) is 0 Å². The zero-order valence-corrected chi connectivity index (χ0v) is 14.4. The van der Waals surface area contributed by atoms with E-state index in [1.807, 2.05) is 6.92 Å². The number of aliphatic hydroxyl groups is 1. The third-order valence-electron chi connectivity index (χ3n) is 4.65. The van der Waals surface area contributed by atoms with Crippen molar-refractivity contribution in [1.29, 1.82) is 0 Å². The molecule has 1 saturated heterocycles. The number of rotatable bonds is 7. The summed E-state index contributed by atoms with van der Waals surface area (Å²) in [6.45, 7) is 6.83. The van der Waals surface area contributed by atoms with Crippen LogP contribution in [0.3, 0.4) is 0 Å². The summed E-state index contributed by atoms with van der Waals surface area (Å²) in [6, 6.07) is 0. The van der Waals surface area contributed by atoms with Crippen LogP contribution in [0.4, 0.5) is 0 Å². The van der Waals surface area contributed by atoms with Crippen LogP contribution in [0.25, 0.3) is 0 Å². The third-order valence-corrected chi connectivity index (χ3v) is 4.65. The van der Waals surface area contributed by atoms with Crippen LogP contribution in [0.2, 0.25) is 0 Å². The number of Topliss-reactive ketones (excluding diaryl/α,β-unsaturated/α-hetero) is 1. The summed E-state index contributed by atoms with van der Waals surface area (Å²) in [5.74, 6) is 0.915. The van der Waals surface area contributed by atoms with Crippen molar-refractivity contribution in [1.82, 2.24) is 4.90 Å². The Morgan fingerprint density at radius 1 is 1.05 bits per heavy atom. The van der Waals surface area contributed by atoms with Crippen LogP contribution in [0.1, 0.15) is 64.7 Å². The fourth-order valence-corrected chi connectivity index (χ4v) is 3.26. The van der Waals surface area contributed by atoms with E-state index in [9.17, 15) is 4.79 Å². The van der Waals surface area contributed by atoms with Crippen molar-refractivity contribution in [3.8, 4) is 0 Å². The van der Waals surface area contributed by atoms with Crippen molar-refractivity contribution in [2.75, 3.05) is 39.5 Å². The zero-order valence-electron chi connectivity index (χ0n) is 14.4. The first-order chi connectivity index (χ1) is 10.8. The minimum atomic E-state index is 0.139. The molecule has 4 heteroatoms. The summed E-state index contributed by atoms with van der Waals surface area (Å²) in [7, 11) is 0. The van der Waals surface area contributed by atoms with Gasteiger partial charge in [0.05, 0.1) is 19.8 Å². The standard InChI is InChI=1S/C9H19NO2.C9H16O/c11-7-9-12-8-6-10-4-2-1-3-5-10;1-2-9(10)8-6-4-3-5-7-8/h11H,1-9H2;8H,2-7H2,1H3.